The smallest absolute Gasteiger partial charge is 0.0443 e. The van der Waals surface area contributed by atoms with E-state index >= 15 is 0 Å². The molecule has 0 saturated carbocycles. The van der Waals surface area contributed by atoms with Crippen molar-refractivity contribution in [3.63, 3.8) is 0 Å². The number of rotatable bonds is 9. The van der Waals surface area contributed by atoms with Gasteiger partial charge in [-0.3, -0.25) is 0 Å². The van der Waals surface area contributed by atoms with Crippen molar-refractivity contribution < 1.29 is 5.11 Å². The van der Waals surface area contributed by atoms with Crippen LogP contribution in [0.5, 0.6) is 0 Å². The molecule has 0 amide bonds. The average molecular weight is 230 g/mol. The third kappa shape index (κ3) is 6.46. The second kappa shape index (κ2) is 8.04. The molecule has 0 aromatic heterocycles. The second-order valence-electron chi connectivity index (χ2n) is 5.68. The molecule has 4 N–H and O–H groups in total. The van der Waals surface area contributed by atoms with Crippen LogP contribution in [0.1, 0.15) is 47.0 Å². The van der Waals surface area contributed by atoms with Gasteiger partial charge >= 0.3 is 0 Å². The molecule has 0 rings (SSSR count). The first-order chi connectivity index (χ1) is 7.45. The first-order valence-corrected chi connectivity index (χ1v) is 6.51. The van der Waals surface area contributed by atoms with E-state index in [1.54, 1.807) is 0 Å². The SMILES string of the molecule is CC(C)CC(CN)(CC(C)C)NCCCO. The average Bonchev–Trinajstić information content (AvgIpc) is 2.16. The highest BCUT2D eigenvalue weighted by molar-refractivity contribution is 4.90. The highest BCUT2D eigenvalue weighted by Gasteiger charge is 2.29. The molecule has 0 aromatic carbocycles. The lowest BCUT2D eigenvalue weighted by Crippen LogP contribution is -2.53. The number of nitrogens with two attached hydrogens (primary N) is 1. The molecule has 0 saturated heterocycles. The summed E-state index contributed by atoms with van der Waals surface area (Å²) < 4.78 is 0. The number of aliphatic hydroxyl groups is 1. The fourth-order valence-corrected chi connectivity index (χ4v) is 2.46. The molecule has 0 spiro atoms. The topological polar surface area (TPSA) is 58.3 Å². The van der Waals surface area contributed by atoms with Gasteiger partial charge in [0.15, 0.2) is 0 Å². The van der Waals surface area contributed by atoms with Crippen LogP contribution in [0.15, 0.2) is 0 Å². The molecule has 0 radical (unpaired) electrons. The van der Waals surface area contributed by atoms with Crippen LogP contribution in [0.4, 0.5) is 0 Å². The standard InChI is InChI=1S/C13H30N2O/c1-11(2)8-13(10-14,9-12(3)4)15-6-5-7-16/h11-12,15-16H,5-10,14H2,1-4H3. The van der Waals surface area contributed by atoms with Crippen LogP contribution in [0.25, 0.3) is 0 Å². The van der Waals surface area contributed by atoms with Gasteiger partial charge in [0.25, 0.3) is 0 Å². The zero-order chi connectivity index (χ0) is 12.6. The normalized spacial score (nSPS) is 12.8. The number of hydrogen-bond acceptors (Lipinski definition) is 3. The van der Waals surface area contributed by atoms with Crippen molar-refractivity contribution in [3.05, 3.63) is 0 Å². The third-order valence-electron chi connectivity index (χ3n) is 2.82. The zero-order valence-corrected chi connectivity index (χ0v) is 11.4. The van der Waals surface area contributed by atoms with Crippen molar-refractivity contribution in [2.75, 3.05) is 19.7 Å². The number of hydrogen-bond donors (Lipinski definition) is 3. The van der Waals surface area contributed by atoms with E-state index in [-0.39, 0.29) is 12.1 Å². The van der Waals surface area contributed by atoms with Gasteiger partial charge in [0.05, 0.1) is 0 Å². The summed E-state index contributed by atoms with van der Waals surface area (Å²) >= 11 is 0. The van der Waals surface area contributed by atoms with Gasteiger partial charge < -0.3 is 16.2 Å². The lowest BCUT2D eigenvalue weighted by atomic mass is 9.81. The van der Waals surface area contributed by atoms with E-state index in [4.69, 9.17) is 10.8 Å². The number of nitrogens with one attached hydrogen (secondary N) is 1. The molecule has 0 aliphatic heterocycles. The van der Waals surface area contributed by atoms with Crippen molar-refractivity contribution in [2.45, 2.75) is 52.5 Å². The fourth-order valence-electron chi connectivity index (χ4n) is 2.46. The van der Waals surface area contributed by atoms with Crippen LogP contribution in [-0.4, -0.2) is 30.3 Å². The van der Waals surface area contributed by atoms with Crippen molar-refractivity contribution in [1.82, 2.24) is 5.32 Å². The summed E-state index contributed by atoms with van der Waals surface area (Å²) in [5, 5.41) is 12.4. The minimum absolute atomic E-state index is 0.0531. The molecule has 0 bridgehead atoms. The highest BCUT2D eigenvalue weighted by atomic mass is 16.3. The van der Waals surface area contributed by atoms with Crippen LogP contribution in [0.3, 0.4) is 0 Å². The van der Waals surface area contributed by atoms with Gasteiger partial charge in [0.1, 0.15) is 0 Å². The van der Waals surface area contributed by atoms with Gasteiger partial charge in [0, 0.05) is 18.7 Å². The summed E-state index contributed by atoms with van der Waals surface area (Å²) in [6.45, 7) is 10.7. The Labute approximate surface area is 101 Å². The van der Waals surface area contributed by atoms with Crippen LogP contribution in [-0.2, 0) is 0 Å². The molecule has 0 atom stereocenters. The second-order valence-corrected chi connectivity index (χ2v) is 5.68. The van der Waals surface area contributed by atoms with Gasteiger partial charge in [-0.2, -0.15) is 0 Å². The fraction of sp³-hybridized carbons (Fsp3) is 1.00. The molecule has 0 aliphatic carbocycles. The van der Waals surface area contributed by atoms with Crippen LogP contribution in [0, 0.1) is 11.8 Å². The van der Waals surface area contributed by atoms with Crippen molar-refractivity contribution >= 4 is 0 Å². The van der Waals surface area contributed by atoms with Gasteiger partial charge in [0.2, 0.25) is 0 Å². The maximum absolute atomic E-state index is 8.83. The minimum atomic E-state index is 0.0531. The van der Waals surface area contributed by atoms with E-state index in [0.29, 0.717) is 18.4 Å². The predicted molar refractivity (Wildman–Crippen MR) is 70.4 cm³/mol. The Morgan fingerprint density at radius 2 is 1.62 bits per heavy atom. The van der Waals surface area contributed by atoms with Gasteiger partial charge in [-0.05, 0) is 37.6 Å². The molecular formula is C13H30N2O. The maximum Gasteiger partial charge on any atom is 0.0443 e. The summed E-state index contributed by atoms with van der Waals surface area (Å²) in [5.74, 6) is 1.29. The third-order valence-corrected chi connectivity index (χ3v) is 2.82. The molecular weight excluding hydrogens is 200 g/mol. The summed E-state index contributed by atoms with van der Waals surface area (Å²) in [4.78, 5) is 0. The quantitative estimate of drug-likeness (QED) is 0.529. The van der Waals surface area contributed by atoms with E-state index in [2.05, 4.69) is 33.0 Å². The predicted octanol–water partition coefficient (Wildman–Crippen LogP) is 1.75. The lowest BCUT2D eigenvalue weighted by molar-refractivity contribution is 0.216. The molecule has 3 heteroatoms. The van der Waals surface area contributed by atoms with E-state index in [0.717, 1.165) is 25.8 Å². The van der Waals surface area contributed by atoms with Crippen LogP contribution < -0.4 is 11.1 Å². The molecule has 0 heterocycles. The lowest BCUT2D eigenvalue weighted by Gasteiger charge is -2.37. The van der Waals surface area contributed by atoms with Crippen LogP contribution in [0.2, 0.25) is 0 Å². The molecule has 3 nitrogen and oxygen atoms in total. The summed E-state index contributed by atoms with van der Waals surface area (Å²) in [6.07, 6.45) is 3.01. The van der Waals surface area contributed by atoms with E-state index in [1.165, 1.54) is 0 Å². The summed E-state index contributed by atoms with van der Waals surface area (Å²) in [6, 6.07) is 0. The van der Waals surface area contributed by atoms with E-state index in [1.807, 2.05) is 0 Å². The highest BCUT2D eigenvalue weighted by Crippen LogP contribution is 2.24. The van der Waals surface area contributed by atoms with Crippen molar-refractivity contribution in [3.8, 4) is 0 Å². The summed E-state index contributed by atoms with van der Waals surface area (Å²) in [5.41, 5.74) is 6.01. The summed E-state index contributed by atoms with van der Waals surface area (Å²) in [7, 11) is 0. The molecule has 0 fully saturated rings. The Bertz CT molecular complexity index is 159. The van der Waals surface area contributed by atoms with Crippen LogP contribution >= 0.6 is 0 Å². The Balaban J connectivity index is 4.40. The monoisotopic (exact) mass is 230 g/mol. The van der Waals surface area contributed by atoms with Gasteiger partial charge in [-0.25, -0.2) is 0 Å². The zero-order valence-electron chi connectivity index (χ0n) is 11.4. The Kier molecular flexibility index (Phi) is 7.98. The van der Waals surface area contributed by atoms with Crippen molar-refractivity contribution in [2.24, 2.45) is 17.6 Å². The first kappa shape index (κ1) is 15.9. The molecule has 0 aromatic rings. The Hall–Kier alpha value is -0.120. The maximum atomic E-state index is 8.83. The molecule has 0 unspecified atom stereocenters. The minimum Gasteiger partial charge on any atom is -0.396 e. The van der Waals surface area contributed by atoms with E-state index in [9.17, 15) is 0 Å². The first-order valence-electron chi connectivity index (χ1n) is 6.51. The van der Waals surface area contributed by atoms with Gasteiger partial charge in [-0.1, -0.05) is 27.7 Å². The molecule has 16 heavy (non-hydrogen) atoms. The molecule has 0 aliphatic rings. The van der Waals surface area contributed by atoms with Crippen molar-refractivity contribution in [1.29, 1.82) is 0 Å². The van der Waals surface area contributed by atoms with E-state index < -0.39 is 0 Å². The molecule has 98 valence electrons. The van der Waals surface area contributed by atoms with Gasteiger partial charge in [-0.15, -0.1) is 0 Å². The number of aliphatic hydroxyl groups excluding tert-OH is 1. The Morgan fingerprint density at radius 1 is 1.12 bits per heavy atom. The Morgan fingerprint density at radius 3 is 1.94 bits per heavy atom. The largest absolute Gasteiger partial charge is 0.396 e.